The van der Waals surface area contributed by atoms with Crippen LogP contribution in [-0.2, 0) is 11.2 Å². The van der Waals surface area contributed by atoms with E-state index in [0.717, 1.165) is 11.3 Å². The molecule has 3 rings (SSSR count). The van der Waals surface area contributed by atoms with E-state index >= 15 is 0 Å². The fourth-order valence-electron chi connectivity index (χ4n) is 2.31. The molecule has 2 heterocycles. The maximum atomic E-state index is 11.9. The molecule has 1 N–H and O–H groups in total. The summed E-state index contributed by atoms with van der Waals surface area (Å²) in [4.78, 5) is 16.3. The zero-order valence-corrected chi connectivity index (χ0v) is 15.3. The molecule has 0 spiro atoms. The summed E-state index contributed by atoms with van der Waals surface area (Å²) in [5.74, 6) is -0.167. The summed E-state index contributed by atoms with van der Waals surface area (Å²) in [5.41, 5.74) is 2.38. The Hall–Kier alpha value is -2.01. The average molecular weight is 395 g/mol. The van der Waals surface area contributed by atoms with Crippen LogP contribution < -0.4 is 5.32 Å². The predicted octanol–water partition coefficient (Wildman–Crippen LogP) is 4.67. The molecule has 7 heteroatoms. The molecule has 128 valence electrons. The number of halogens is 3. The molecule has 4 nitrogen and oxygen atoms in total. The van der Waals surface area contributed by atoms with Crippen LogP contribution >= 0.6 is 34.8 Å². The predicted molar refractivity (Wildman–Crippen MR) is 102 cm³/mol. The van der Waals surface area contributed by atoms with E-state index in [1.807, 2.05) is 18.3 Å². The minimum Gasteiger partial charge on any atom is -0.352 e. The molecule has 3 aromatic rings. The van der Waals surface area contributed by atoms with Crippen molar-refractivity contribution in [1.29, 1.82) is 0 Å². The van der Waals surface area contributed by atoms with Crippen LogP contribution in [0.2, 0.25) is 15.1 Å². The topological polar surface area (TPSA) is 46.4 Å². The van der Waals surface area contributed by atoms with Crippen molar-refractivity contribution in [2.75, 3.05) is 6.54 Å². The average Bonchev–Trinajstić information content (AvgIpc) is 2.97. The first kappa shape index (κ1) is 17.8. The number of amides is 1. The second-order valence-corrected chi connectivity index (χ2v) is 6.68. The summed E-state index contributed by atoms with van der Waals surface area (Å²) in [5, 5.41) is 4.52. The smallest absolute Gasteiger partial charge is 0.244 e. The van der Waals surface area contributed by atoms with E-state index in [4.69, 9.17) is 34.8 Å². The minimum atomic E-state index is -0.167. The second-order valence-electron chi connectivity index (χ2n) is 5.40. The molecule has 0 saturated heterocycles. The van der Waals surface area contributed by atoms with E-state index in [1.54, 1.807) is 34.9 Å². The molecule has 1 aromatic carbocycles. The first-order chi connectivity index (χ1) is 12.0. The number of nitrogens with zero attached hydrogens (tertiary/aromatic N) is 2. The Kier molecular flexibility index (Phi) is 5.63. The number of benzene rings is 1. The molecule has 0 aliphatic carbocycles. The number of rotatable bonds is 5. The van der Waals surface area contributed by atoms with Gasteiger partial charge in [0.05, 0.1) is 15.7 Å². The minimum absolute atomic E-state index is 0.167. The van der Waals surface area contributed by atoms with Gasteiger partial charge < -0.3 is 9.72 Å². The van der Waals surface area contributed by atoms with E-state index in [2.05, 4.69) is 10.3 Å². The van der Waals surface area contributed by atoms with Gasteiger partial charge in [0.2, 0.25) is 5.91 Å². The molecule has 0 aliphatic heterocycles. The largest absolute Gasteiger partial charge is 0.352 e. The molecule has 2 aromatic heterocycles. The zero-order chi connectivity index (χ0) is 17.8. The summed E-state index contributed by atoms with van der Waals surface area (Å²) >= 11 is 17.9. The van der Waals surface area contributed by atoms with Crippen molar-refractivity contribution in [3.05, 3.63) is 75.1 Å². The molecule has 0 atom stereocenters. The Labute approximate surface area is 160 Å². The molecular formula is C18H14Cl3N3O. The van der Waals surface area contributed by atoms with Gasteiger partial charge in [-0.15, -0.1) is 0 Å². The fourth-order valence-corrected chi connectivity index (χ4v) is 2.97. The van der Waals surface area contributed by atoms with E-state index < -0.39 is 0 Å². The lowest BCUT2D eigenvalue weighted by Crippen LogP contribution is -2.23. The highest BCUT2D eigenvalue weighted by Crippen LogP contribution is 2.21. The standard InChI is InChI=1S/C18H14Cl3N3O/c19-13-4-1-12(2-5-13)3-6-17(25)22-8-7-15-11-24-10-14(20)9-16(21)18(24)23-15/h1-6,9-11H,7-8H2,(H,22,25)/b6-3+. The SMILES string of the molecule is O=C(/C=C/c1ccc(Cl)cc1)NCCc1cn2cc(Cl)cc(Cl)c2n1. The van der Waals surface area contributed by atoms with Gasteiger partial charge in [0.25, 0.3) is 0 Å². The first-order valence-electron chi connectivity index (χ1n) is 7.55. The highest BCUT2D eigenvalue weighted by Gasteiger charge is 2.07. The van der Waals surface area contributed by atoms with Crippen LogP contribution in [0.1, 0.15) is 11.3 Å². The molecule has 0 fully saturated rings. The highest BCUT2D eigenvalue weighted by atomic mass is 35.5. The van der Waals surface area contributed by atoms with Gasteiger partial charge in [-0.1, -0.05) is 46.9 Å². The monoisotopic (exact) mass is 393 g/mol. The number of carbonyl (C=O) groups is 1. The van der Waals surface area contributed by atoms with Crippen molar-refractivity contribution in [1.82, 2.24) is 14.7 Å². The number of nitrogens with one attached hydrogen (secondary N) is 1. The summed E-state index contributed by atoms with van der Waals surface area (Å²) in [6.45, 7) is 0.471. The Morgan fingerprint density at radius 3 is 2.64 bits per heavy atom. The van der Waals surface area contributed by atoms with E-state index in [1.165, 1.54) is 6.08 Å². The Morgan fingerprint density at radius 1 is 1.12 bits per heavy atom. The van der Waals surface area contributed by atoms with Crippen molar-refractivity contribution in [3.63, 3.8) is 0 Å². The van der Waals surface area contributed by atoms with Gasteiger partial charge in [0.15, 0.2) is 5.65 Å². The number of pyridine rings is 1. The third-order valence-electron chi connectivity index (χ3n) is 3.50. The van der Waals surface area contributed by atoms with E-state index in [0.29, 0.717) is 33.7 Å². The van der Waals surface area contributed by atoms with Crippen LogP contribution in [0.25, 0.3) is 11.7 Å². The molecule has 25 heavy (non-hydrogen) atoms. The maximum absolute atomic E-state index is 11.9. The lowest BCUT2D eigenvalue weighted by atomic mass is 10.2. The van der Waals surface area contributed by atoms with Crippen molar-refractivity contribution in [2.24, 2.45) is 0 Å². The summed E-state index contributed by atoms with van der Waals surface area (Å²) in [7, 11) is 0. The van der Waals surface area contributed by atoms with Gasteiger partial charge in [0.1, 0.15) is 0 Å². The van der Waals surface area contributed by atoms with Crippen LogP contribution in [0.4, 0.5) is 0 Å². The summed E-state index contributed by atoms with van der Waals surface area (Å²) < 4.78 is 1.78. The quantitative estimate of drug-likeness (QED) is 0.639. The number of imidazole rings is 1. The van der Waals surface area contributed by atoms with Crippen molar-refractivity contribution < 1.29 is 4.79 Å². The summed E-state index contributed by atoms with van der Waals surface area (Å²) in [6, 6.07) is 8.90. The fraction of sp³-hybridized carbons (Fsp3) is 0.111. The Balaban J connectivity index is 1.54. The zero-order valence-electron chi connectivity index (χ0n) is 13.0. The van der Waals surface area contributed by atoms with Gasteiger partial charge >= 0.3 is 0 Å². The maximum Gasteiger partial charge on any atom is 0.244 e. The number of fused-ring (bicyclic) bond motifs is 1. The van der Waals surface area contributed by atoms with Gasteiger partial charge in [0, 0.05) is 36.5 Å². The lowest BCUT2D eigenvalue weighted by Gasteiger charge is -1.99. The van der Waals surface area contributed by atoms with Crippen LogP contribution in [0, 0.1) is 0 Å². The van der Waals surface area contributed by atoms with Crippen LogP contribution in [-0.4, -0.2) is 21.8 Å². The normalized spacial score (nSPS) is 11.3. The Morgan fingerprint density at radius 2 is 1.88 bits per heavy atom. The van der Waals surface area contributed by atoms with Crippen molar-refractivity contribution >= 4 is 52.4 Å². The van der Waals surface area contributed by atoms with Gasteiger partial charge in [-0.25, -0.2) is 4.98 Å². The van der Waals surface area contributed by atoms with Gasteiger partial charge in [-0.2, -0.15) is 0 Å². The highest BCUT2D eigenvalue weighted by molar-refractivity contribution is 6.36. The molecule has 0 saturated carbocycles. The molecule has 0 radical (unpaired) electrons. The summed E-state index contributed by atoms with van der Waals surface area (Å²) in [6.07, 6.45) is 7.41. The molecular weight excluding hydrogens is 381 g/mol. The number of hydrogen-bond acceptors (Lipinski definition) is 2. The molecule has 0 bridgehead atoms. The van der Waals surface area contributed by atoms with E-state index in [9.17, 15) is 4.79 Å². The number of hydrogen-bond donors (Lipinski definition) is 1. The molecule has 0 unspecified atom stereocenters. The van der Waals surface area contributed by atoms with Crippen LogP contribution in [0.15, 0.2) is 48.8 Å². The second kappa shape index (κ2) is 7.91. The molecule has 1 amide bonds. The van der Waals surface area contributed by atoms with E-state index in [-0.39, 0.29) is 5.91 Å². The van der Waals surface area contributed by atoms with Crippen LogP contribution in [0.5, 0.6) is 0 Å². The van der Waals surface area contributed by atoms with Crippen molar-refractivity contribution in [2.45, 2.75) is 6.42 Å². The van der Waals surface area contributed by atoms with Crippen LogP contribution in [0.3, 0.4) is 0 Å². The number of aromatic nitrogens is 2. The first-order valence-corrected chi connectivity index (χ1v) is 8.69. The lowest BCUT2D eigenvalue weighted by molar-refractivity contribution is -0.116. The van der Waals surface area contributed by atoms with Crippen molar-refractivity contribution in [3.8, 4) is 0 Å². The third kappa shape index (κ3) is 4.75. The third-order valence-corrected chi connectivity index (χ3v) is 4.24. The number of carbonyl (C=O) groups excluding carboxylic acids is 1. The molecule has 0 aliphatic rings. The van der Waals surface area contributed by atoms with Gasteiger partial charge in [-0.05, 0) is 29.8 Å². The van der Waals surface area contributed by atoms with Gasteiger partial charge in [-0.3, -0.25) is 4.79 Å². The Bertz CT molecular complexity index is 933.